The summed E-state index contributed by atoms with van der Waals surface area (Å²) >= 11 is 0. The van der Waals surface area contributed by atoms with Gasteiger partial charge in [0.05, 0.1) is 25.0 Å². The summed E-state index contributed by atoms with van der Waals surface area (Å²) in [7, 11) is 1.61. The average molecular weight is 440 g/mol. The number of methoxy groups -OCH3 is 1. The lowest BCUT2D eigenvalue weighted by molar-refractivity contribution is -0.121. The second kappa shape index (κ2) is 10.4. The van der Waals surface area contributed by atoms with Crippen molar-refractivity contribution in [1.29, 1.82) is 0 Å². The van der Waals surface area contributed by atoms with Crippen LogP contribution in [0.3, 0.4) is 0 Å². The van der Waals surface area contributed by atoms with Crippen molar-refractivity contribution in [2.45, 2.75) is 12.5 Å². The SMILES string of the molecule is COc1ccc(-c2cc(=O)n(CCNC(=O)C(c3ccccc3)c3ccccc3)cn2)cc1. The van der Waals surface area contributed by atoms with Gasteiger partial charge in [-0.25, -0.2) is 4.98 Å². The smallest absolute Gasteiger partial charge is 0.253 e. The highest BCUT2D eigenvalue weighted by Gasteiger charge is 2.22. The van der Waals surface area contributed by atoms with E-state index in [1.165, 1.54) is 17.0 Å². The molecule has 0 bridgehead atoms. The maximum atomic E-state index is 13.1. The average Bonchev–Trinajstić information content (AvgIpc) is 2.86. The van der Waals surface area contributed by atoms with Crippen LogP contribution in [-0.4, -0.2) is 29.1 Å². The van der Waals surface area contributed by atoms with Crippen molar-refractivity contribution in [2.75, 3.05) is 13.7 Å². The van der Waals surface area contributed by atoms with Crippen molar-refractivity contribution in [3.63, 3.8) is 0 Å². The summed E-state index contributed by atoms with van der Waals surface area (Å²) < 4.78 is 6.66. The monoisotopic (exact) mass is 439 g/mol. The van der Waals surface area contributed by atoms with E-state index in [0.717, 1.165) is 22.4 Å². The number of carbonyl (C=O) groups is 1. The van der Waals surface area contributed by atoms with Gasteiger partial charge in [-0.05, 0) is 35.4 Å². The van der Waals surface area contributed by atoms with Crippen LogP contribution in [0.5, 0.6) is 5.75 Å². The lowest BCUT2D eigenvalue weighted by Gasteiger charge is -2.18. The molecule has 1 aromatic heterocycles. The lowest BCUT2D eigenvalue weighted by atomic mass is 9.90. The van der Waals surface area contributed by atoms with Crippen molar-refractivity contribution in [3.05, 3.63) is 119 Å². The number of nitrogens with one attached hydrogen (secondary N) is 1. The third kappa shape index (κ3) is 5.36. The van der Waals surface area contributed by atoms with Gasteiger partial charge < -0.3 is 10.1 Å². The molecule has 0 saturated carbocycles. The van der Waals surface area contributed by atoms with Gasteiger partial charge in [0.2, 0.25) is 5.91 Å². The Bertz CT molecular complexity index is 1210. The number of amides is 1. The Morgan fingerprint density at radius 2 is 1.55 bits per heavy atom. The van der Waals surface area contributed by atoms with Crippen molar-refractivity contribution >= 4 is 5.91 Å². The molecule has 166 valence electrons. The van der Waals surface area contributed by atoms with E-state index in [-0.39, 0.29) is 11.5 Å². The molecule has 0 atom stereocenters. The molecule has 1 amide bonds. The van der Waals surface area contributed by atoms with E-state index in [1.54, 1.807) is 7.11 Å². The number of rotatable bonds is 8. The minimum absolute atomic E-state index is 0.108. The number of hydrogen-bond acceptors (Lipinski definition) is 4. The van der Waals surface area contributed by atoms with Crippen LogP contribution >= 0.6 is 0 Å². The van der Waals surface area contributed by atoms with Crippen LogP contribution in [0.1, 0.15) is 17.0 Å². The summed E-state index contributed by atoms with van der Waals surface area (Å²) in [4.78, 5) is 30.1. The molecule has 1 N–H and O–H groups in total. The topological polar surface area (TPSA) is 73.2 Å². The van der Waals surface area contributed by atoms with Crippen molar-refractivity contribution in [2.24, 2.45) is 0 Å². The second-order valence-corrected chi connectivity index (χ2v) is 7.58. The Morgan fingerprint density at radius 3 is 2.09 bits per heavy atom. The van der Waals surface area contributed by atoms with Gasteiger partial charge in [-0.3, -0.25) is 14.2 Å². The Hall–Kier alpha value is -4.19. The molecule has 0 saturated heterocycles. The molecular weight excluding hydrogens is 414 g/mol. The van der Waals surface area contributed by atoms with Gasteiger partial charge in [0.25, 0.3) is 5.56 Å². The molecule has 3 aromatic carbocycles. The van der Waals surface area contributed by atoms with E-state index >= 15 is 0 Å². The standard InChI is InChI=1S/C27H25N3O3/c1-33-23-14-12-20(13-15-23)24-18-25(31)30(19-29-24)17-16-28-27(32)26(21-8-4-2-5-9-21)22-10-6-3-7-11-22/h2-15,18-19,26H,16-17H2,1H3,(H,28,32). The number of benzene rings is 3. The summed E-state index contributed by atoms with van der Waals surface area (Å²) in [6.45, 7) is 0.648. The van der Waals surface area contributed by atoms with Gasteiger partial charge in [0, 0.05) is 24.7 Å². The van der Waals surface area contributed by atoms with E-state index in [0.29, 0.717) is 18.8 Å². The maximum Gasteiger partial charge on any atom is 0.253 e. The fraction of sp³-hybridized carbons (Fsp3) is 0.148. The number of hydrogen-bond donors (Lipinski definition) is 1. The molecule has 0 radical (unpaired) electrons. The summed E-state index contributed by atoms with van der Waals surface area (Å²) in [5.74, 6) is 0.218. The minimum Gasteiger partial charge on any atom is -0.497 e. The first-order chi connectivity index (χ1) is 16.2. The number of carbonyl (C=O) groups excluding carboxylic acids is 1. The first kappa shape index (κ1) is 22.0. The molecule has 33 heavy (non-hydrogen) atoms. The summed E-state index contributed by atoms with van der Waals surface area (Å²) in [6.07, 6.45) is 1.51. The fourth-order valence-electron chi connectivity index (χ4n) is 3.70. The van der Waals surface area contributed by atoms with Crippen LogP contribution in [0.2, 0.25) is 0 Å². The molecule has 4 rings (SSSR count). The van der Waals surface area contributed by atoms with Crippen molar-refractivity contribution < 1.29 is 9.53 Å². The highest BCUT2D eigenvalue weighted by molar-refractivity contribution is 5.87. The first-order valence-corrected chi connectivity index (χ1v) is 10.7. The zero-order valence-corrected chi connectivity index (χ0v) is 18.3. The van der Waals surface area contributed by atoms with Crippen molar-refractivity contribution in [1.82, 2.24) is 14.9 Å². The predicted octanol–water partition coefficient (Wildman–Crippen LogP) is 3.87. The summed E-state index contributed by atoms with van der Waals surface area (Å²) in [6, 6.07) is 28.2. The normalized spacial score (nSPS) is 10.7. The Morgan fingerprint density at radius 1 is 0.939 bits per heavy atom. The highest BCUT2D eigenvalue weighted by atomic mass is 16.5. The molecule has 6 heteroatoms. The van der Waals surface area contributed by atoms with Crippen LogP contribution in [0.25, 0.3) is 11.3 Å². The molecule has 0 spiro atoms. The number of nitrogens with zero attached hydrogens (tertiary/aromatic N) is 2. The number of aromatic nitrogens is 2. The van der Waals surface area contributed by atoms with Crippen LogP contribution < -0.4 is 15.6 Å². The molecule has 0 aliphatic heterocycles. The highest BCUT2D eigenvalue weighted by Crippen LogP contribution is 2.24. The quantitative estimate of drug-likeness (QED) is 0.452. The molecule has 0 aliphatic carbocycles. The van der Waals surface area contributed by atoms with E-state index in [1.807, 2.05) is 84.9 Å². The first-order valence-electron chi connectivity index (χ1n) is 10.7. The third-order valence-corrected chi connectivity index (χ3v) is 5.45. The minimum atomic E-state index is -0.417. The molecular formula is C27H25N3O3. The fourth-order valence-corrected chi connectivity index (χ4v) is 3.70. The zero-order valence-electron chi connectivity index (χ0n) is 18.3. The Balaban J connectivity index is 1.43. The van der Waals surface area contributed by atoms with E-state index in [9.17, 15) is 9.59 Å². The molecule has 4 aromatic rings. The van der Waals surface area contributed by atoms with Crippen LogP contribution in [0.15, 0.2) is 102 Å². The van der Waals surface area contributed by atoms with Gasteiger partial charge in [-0.2, -0.15) is 0 Å². The van der Waals surface area contributed by atoms with Gasteiger partial charge in [-0.1, -0.05) is 60.7 Å². The summed E-state index contributed by atoms with van der Waals surface area (Å²) in [5.41, 5.74) is 3.10. The van der Waals surface area contributed by atoms with Gasteiger partial charge in [-0.15, -0.1) is 0 Å². The van der Waals surface area contributed by atoms with Crippen LogP contribution in [-0.2, 0) is 11.3 Å². The van der Waals surface area contributed by atoms with Gasteiger partial charge >= 0.3 is 0 Å². The van der Waals surface area contributed by atoms with E-state index in [4.69, 9.17) is 4.74 Å². The zero-order chi connectivity index (χ0) is 23.0. The predicted molar refractivity (Wildman–Crippen MR) is 128 cm³/mol. The molecule has 0 aliphatic rings. The molecule has 1 heterocycles. The van der Waals surface area contributed by atoms with Gasteiger partial charge in [0.15, 0.2) is 0 Å². The molecule has 0 fully saturated rings. The van der Waals surface area contributed by atoms with Gasteiger partial charge in [0.1, 0.15) is 5.75 Å². The maximum absolute atomic E-state index is 13.1. The Kier molecular flexibility index (Phi) is 6.95. The third-order valence-electron chi connectivity index (χ3n) is 5.45. The molecule has 0 unspecified atom stereocenters. The van der Waals surface area contributed by atoms with Crippen LogP contribution in [0, 0.1) is 0 Å². The van der Waals surface area contributed by atoms with E-state index in [2.05, 4.69) is 10.3 Å². The lowest BCUT2D eigenvalue weighted by Crippen LogP contribution is -2.34. The van der Waals surface area contributed by atoms with Crippen LogP contribution in [0.4, 0.5) is 0 Å². The Labute approximate surface area is 192 Å². The van der Waals surface area contributed by atoms with E-state index < -0.39 is 5.92 Å². The van der Waals surface area contributed by atoms with Crippen molar-refractivity contribution in [3.8, 4) is 17.0 Å². The number of ether oxygens (including phenoxy) is 1. The summed E-state index contributed by atoms with van der Waals surface area (Å²) in [5, 5.41) is 2.97. The molecule has 6 nitrogen and oxygen atoms in total. The second-order valence-electron chi connectivity index (χ2n) is 7.58. The largest absolute Gasteiger partial charge is 0.497 e.